The second-order valence-electron chi connectivity index (χ2n) is 4.29. The Hall–Kier alpha value is -1.44. The van der Waals surface area contributed by atoms with E-state index in [4.69, 9.17) is 5.73 Å². The van der Waals surface area contributed by atoms with Crippen LogP contribution in [0.25, 0.3) is 0 Å². The number of hydrogen-bond donors (Lipinski definition) is 2. The van der Waals surface area contributed by atoms with Gasteiger partial charge in [-0.05, 0) is 36.8 Å². The van der Waals surface area contributed by atoms with E-state index >= 15 is 0 Å². The number of nitrogens with one attached hydrogen (secondary N) is 1. The van der Waals surface area contributed by atoms with Gasteiger partial charge in [0.25, 0.3) is 10.0 Å². The number of nitrogen functional groups attached to an aromatic ring is 1. The minimum Gasteiger partial charge on any atom is -0.396 e. The van der Waals surface area contributed by atoms with Crippen molar-refractivity contribution in [2.75, 3.05) is 5.73 Å². The van der Waals surface area contributed by atoms with Crippen molar-refractivity contribution in [2.45, 2.75) is 18.0 Å². The maximum absolute atomic E-state index is 12.2. The zero-order chi connectivity index (χ0) is 14.8. The number of rotatable bonds is 4. The Balaban J connectivity index is 2.24. The van der Waals surface area contributed by atoms with Gasteiger partial charge in [0, 0.05) is 16.7 Å². The number of anilines is 1. The normalized spacial score (nSPS) is 13.1. The van der Waals surface area contributed by atoms with Gasteiger partial charge in [0.1, 0.15) is 0 Å². The highest BCUT2D eigenvalue weighted by molar-refractivity contribution is 9.10. The Bertz CT molecular complexity index is 702. The van der Waals surface area contributed by atoms with E-state index in [1.54, 1.807) is 13.0 Å². The number of benzene rings is 1. The molecule has 20 heavy (non-hydrogen) atoms. The van der Waals surface area contributed by atoms with Crippen molar-refractivity contribution in [1.29, 1.82) is 0 Å². The summed E-state index contributed by atoms with van der Waals surface area (Å²) in [6.07, 6.45) is 1.40. The summed E-state index contributed by atoms with van der Waals surface area (Å²) in [6, 6.07) is 10.1. The lowest BCUT2D eigenvalue weighted by Crippen LogP contribution is -2.28. The van der Waals surface area contributed by atoms with Crippen molar-refractivity contribution in [1.82, 2.24) is 9.71 Å². The zero-order valence-electron chi connectivity index (χ0n) is 10.7. The van der Waals surface area contributed by atoms with Crippen LogP contribution in [-0.2, 0) is 10.0 Å². The average Bonchev–Trinajstić information content (AvgIpc) is 2.39. The van der Waals surface area contributed by atoms with E-state index in [2.05, 4.69) is 25.6 Å². The van der Waals surface area contributed by atoms with Crippen molar-refractivity contribution < 1.29 is 8.42 Å². The van der Waals surface area contributed by atoms with Crippen LogP contribution in [0.15, 0.2) is 52.1 Å². The minimum atomic E-state index is -3.75. The van der Waals surface area contributed by atoms with Crippen LogP contribution in [0.1, 0.15) is 18.5 Å². The molecule has 2 rings (SSSR count). The molecule has 1 aromatic heterocycles. The quantitative estimate of drug-likeness (QED) is 0.881. The fourth-order valence-corrected chi connectivity index (χ4v) is 3.29. The van der Waals surface area contributed by atoms with E-state index in [0.29, 0.717) is 0 Å². The second-order valence-corrected chi connectivity index (χ2v) is 6.84. The van der Waals surface area contributed by atoms with Crippen molar-refractivity contribution in [3.05, 3.63) is 52.6 Å². The Morgan fingerprint density at radius 1 is 1.25 bits per heavy atom. The molecule has 0 spiro atoms. The summed E-state index contributed by atoms with van der Waals surface area (Å²) >= 11 is 3.34. The Morgan fingerprint density at radius 3 is 2.50 bits per heavy atom. The smallest absolute Gasteiger partial charge is 0.260 e. The number of hydrogen-bond acceptors (Lipinski definition) is 4. The topological polar surface area (TPSA) is 85.1 Å². The summed E-state index contributed by atoms with van der Waals surface area (Å²) < 4.78 is 28.0. The molecule has 1 heterocycles. The molecular weight excluding hydrogens is 342 g/mol. The Kier molecular flexibility index (Phi) is 4.42. The van der Waals surface area contributed by atoms with Crippen LogP contribution in [0.4, 0.5) is 5.69 Å². The first-order valence-corrected chi connectivity index (χ1v) is 8.16. The molecule has 0 saturated heterocycles. The van der Waals surface area contributed by atoms with Gasteiger partial charge < -0.3 is 5.73 Å². The SMILES string of the molecule is CC(NS(=O)(=O)c1ncccc1N)c1ccc(Br)cc1. The lowest BCUT2D eigenvalue weighted by molar-refractivity contribution is 0.563. The third-order valence-electron chi connectivity index (χ3n) is 2.76. The maximum Gasteiger partial charge on any atom is 0.260 e. The third kappa shape index (κ3) is 3.36. The van der Waals surface area contributed by atoms with E-state index in [-0.39, 0.29) is 16.8 Å². The van der Waals surface area contributed by atoms with E-state index in [0.717, 1.165) is 10.0 Å². The first kappa shape index (κ1) is 15.0. The molecule has 0 radical (unpaired) electrons. The van der Waals surface area contributed by atoms with Gasteiger partial charge in [-0.1, -0.05) is 28.1 Å². The number of nitrogens with zero attached hydrogens (tertiary/aromatic N) is 1. The summed E-state index contributed by atoms with van der Waals surface area (Å²) in [7, 11) is -3.75. The minimum absolute atomic E-state index is 0.128. The number of sulfonamides is 1. The fraction of sp³-hybridized carbons (Fsp3) is 0.154. The van der Waals surface area contributed by atoms with Gasteiger partial charge in [-0.25, -0.2) is 18.1 Å². The van der Waals surface area contributed by atoms with Crippen molar-refractivity contribution >= 4 is 31.6 Å². The van der Waals surface area contributed by atoms with Crippen LogP contribution in [0.3, 0.4) is 0 Å². The molecule has 2 aromatic rings. The summed E-state index contributed by atoms with van der Waals surface area (Å²) in [5, 5.41) is -0.149. The molecule has 0 saturated carbocycles. The van der Waals surface area contributed by atoms with Gasteiger partial charge in [0.2, 0.25) is 0 Å². The van der Waals surface area contributed by atoms with Gasteiger partial charge in [-0.2, -0.15) is 0 Å². The number of nitrogens with two attached hydrogens (primary N) is 1. The van der Waals surface area contributed by atoms with Crippen LogP contribution >= 0.6 is 15.9 Å². The van der Waals surface area contributed by atoms with E-state index < -0.39 is 10.0 Å². The largest absolute Gasteiger partial charge is 0.396 e. The van der Waals surface area contributed by atoms with Crippen molar-refractivity contribution in [3.63, 3.8) is 0 Å². The summed E-state index contributed by atoms with van der Waals surface area (Å²) in [5.41, 5.74) is 6.63. The predicted molar refractivity (Wildman–Crippen MR) is 81.5 cm³/mol. The lowest BCUT2D eigenvalue weighted by atomic mass is 10.1. The molecule has 106 valence electrons. The third-order valence-corrected chi connectivity index (χ3v) is 4.80. The summed E-state index contributed by atoms with van der Waals surface area (Å²) in [6.45, 7) is 1.76. The molecule has 0 aliphatic carbocycles. The van der Waals surface area contributed by atoms with Gasteiger partial charge >= 0.3 is 0 Å². The predicted octanol–water partition coefficient (Wildman–Crippen LogP) is 2.47. The average molecular weight is 356 g/mol. The lowest BCUT2D eigenvalue weighted by Gasteiger charge is -2.15. The zero-order valence-corrected chi connectivity index (χ0v) is 13.1. The van der Waals surface area contributed by atoms with E-state index in [9.17, 15) is 8.42 Å². The van der Waals surface area contributed by atoms with Gasteiger partial charge in [-0.15, -0.1) is 0 Å². The number of aromatic nitrogens is 1. The van der Waals surface area contributed by atoms with Crippen LogP contribution < -0.4 is 10.5 Å². The molecule has 7 heteroatoms. The molecule has 0 bridgehead atoms. The van der Waals surface area contributed by atoms with Gasteiger partial charge in [-0.3, -0.25) is 0 Å². The highest BCUT2D eigenvalue weighted by atomic mass is 79.9. The molecule has 1 atom stereocenters. The van der Waals surface area contributed by atoms with Gasteiger partial charge in [0.15, 0.2) is 5.03 Å². The molecular formula is C13H14BrN3O2S. The number of halogens is 1. The molecule has 1 aromatic carbocycles. The highest BCUT2D eigenvalue weighted by Gasteiger charge is 2.21. The second kappa shape index (κ2) is 5.90. The molecule has 1 unspecified atom stereocenters. The van der Waals surface area contributed by atoms with Crippen LogP contribution in [0, 0.1) is 0 Å². The first-order chi connectivity index (χ1) is 9.40. The molecule has 0 aliphatic rings. The molecule has 0 aliphatic heterocycles. The van der Waals surface area contributed by atoms with Crippen LogP contribution in [-0.4, -0.2) is 13.4 Å². The summed E-state index contributed by atoms with van der Waals surface area (Å²) in [5.74, 6) is 0. The first-order valence-electron chi connectivity index (χ1n) is 5.88. The van der Waals surface area contributed by atoms with Crippen molar-refractivity contribution in [2.24, 2.45) is 0 Å². The van der Waals surface area contributed by atoms with Crippen molar-refractivity contribution in [3.8, 4) is 0 Å². The molecule has 0 amide bonds. The molecule has 5 nitrogen and oxygen atoms in total. The maximum atomic E-state index is 12.2. The van der Waals surface area contributed by atoms with Crippen LogP contribution in [0.5, 0.6) is 0 Å². The number of pyridine rings is 1. The molecule has 3 N–H and O–H groups in total. The molecule has 0 fully saturated rings. The van der Waals surface area contributed by atoms with E-state index in [1.165, 1.54) is 12.3 Å². The Morgan fingerprint density at radius 2 is 1.90 bits per heavy atom. The highest BCUT2D eigenvalue weighted by Crippen LogP contribution is 2.20. The van der Waals surface area contributed by atoms with Crippen LogP contribution in [0.2, 0.25) is 0 Å². The Labute approximate surface area is 126 Å². The monoisotopic (exact) mass is 355 g/mol. The standard InChI is InChI=1S/C13H14BrN3O2S/c1-9(10-4-6-11(14)7-5-10)17-20(18,19)13-12(15)3-2-8-16-13/h2-9,17H,15H2,1H3. The van der Waals surface area contributed by atoms with E-state index in [1.807, 2.05) is 24.3 Å². The fourth-order valence-electron chi connectivity index (χ4n) is 1.74. The summed E-state index contributed by atoms with van der Waals surface area (Å²) in [4.78, 5) is 3.83. The van der Waals surface area contributed by atoms with Gasteiger partial charge in [0.05, 0.1) is 5.69 Å².